The molecule has 0 radical (unpaired) electrons. The van der Waals surface area contributed by atoms with Gasteiger partial charge in [0.1, 0.15) is 5.75 Å². The van der Waals surface area contributed by atoms with Crippen molar-refractivity contribution in [3.8, 4) is 5.75 Å². The summed E-state index contributed by atoms with van der Waals surface area (Å²) in [6.07, 6.45) is 6.17. The molecule has 0 fully saturated rings. The average Bonchev–Trinajstić information content (AvgIpc) is 2.44. The molecule has 0 atom stereocenters. The fraction of sp³-hybridized carbons (Fsp3) is 0.538. The van der Waals surface area contributed by atoms with Gasteiger partial charge in [0.15, 0.2) is 0 Å². The van der Waals surface area contributed by atoms with Gasteiger partial charge in [-0.2, -0.15) is 0 Å². The number of hydrogen-bond acceptors (Lipinski definition) is 2. The zero-order valence-electron chi connectivity index (χ0n) is 9.34. The molecule has 1 aromatic carbocycles. The molecule has 1 aliphatic carbocycles. The van der Waals surface area contributed by atoms with Crippen molar-refractivity contribution in [3.05, 3.63) is 28.8 Å². The van der Waals surface area contributed by atoms with Gasteiger partial charge in [0, 0.05) is 12.1 Å². The lowest BCUT2D eigenvalue weighted by molar-refractivity contribution is 0.465. The van der Waals surface area contributed by atoms with Gasteiger partial charge in [0.25, 0.3) is 0 Å². The van der Waals surface area contributed by atoms with Crippen LogP contribution in [-0.2, 0) is 19.4 Å². The van der Waals surface area contributed by atoms with Crippen LogP contribution in [0.25, 0.3) is 0 Å². The van der Waals surface area contributed by atoms with Gasteiger partial charge in [-0.3, -0.25) is 0 Å². The molecule has 2 heteroatoms. The van der Waals surface area contributed by atoms with Crippen LogP contribution in [0.2, 0.25) is 0 Å². The second-order valence-corrected chi connectivity index (χ2v) is 4.34. The van der Waals surface area contributed by atoms with E-state index in [1.165, 1.54) is 36.8 Å². The zero-order valence-corrected chi connectivity index (χ0v) is 9.34. The number of phenols is 1. The summed E-state index contributed by atoms with van der Waals surface area (Å²) in [4.78, 5) is 0. The fourth-order valence-electron chi connectivity index (χ4n) is 2.33. The summed E-state index contributed by atoms with van der Waals surface area (Å²) in [5, 5.41) is 12.9. The smallest absolute Gasteiger partial charge is 0.120 e. The van der Waals surface area contributed by atoms with Gasteiger partial charge >= 0.3 is 0 Å². The Morgan fingerprint density at radius 1 is 1.13 bits per heavy atom. The molecule has 0 aliphatic heterocycles. The van der Waals surface area contributed by atoms with E-state index in [1.54, 1.807) is 0 Å². The molecule has 0 aromatic heterocycles. The predicted molar refractivity (Wildman–Crippen MR) is 62.1 cm³/mol. The Morgan fingerprint density at radius 2 is 1.80 bits per heavy atom. The second kappa shape index (κ2) is 4.67. The van der Waals surface area contributed by atoms with Crippen molar-refractivity contribution in [2.45, 2.75) is 38.6 Å². The highest BCUT2D eigenvalue weighted by Crippen LogP contribution is 2.27. The Morgan fingerprint density at radius 3 is 2.47 bits per heavy atom. The number of aromatic hydroxyl groups is 1. The van der Waals surface area contributed by atoms with Gasteiger partial charge in [-0.15, -0.1) is 0 Å². The lowest BCUT2D eigenvalue weighted by Gasteiger charge is -2.11. The van der Waals surface area contributed by atoms with E-state index in [4.69, 9.17) is 0 Å². The normalized spacial score (nSPS) is 15.8. The molecular formula is C13H19NO. The molecule has 82 valence electrons. The summed E-state index contributed by atoms with van der Waals surface area (Å²) in [7, 11) is 1.91. The molecule has 1 aromatic rings. The number of nitrogens with one attached hydrogen (secondary N) is 1. The summed E-state index contributed by atoms with van der Waals surface area (Å²) in [5.74, 6) is 0.449. The van der Waals surface area contributed by atoms with Crippen molar-refractivity contribution in [2.75, 3.05) is 7.05 Å². The molecule has 0 bridgehead atoms. The summed E-state index contributed by atoms with van der Waals surface area (Å²) in [6, 6.07) is 4.14. The lowest BCUT2D eigenvalue weighted by Crippen LogP contribution is -2.06. The van der Waals surface area contributed by atoms with Crippen molar-refractivity contribution in [1.82, 2.24) is 5.32 Å². The van der Waals surface area contributed by atoms with Crippen LogP contribution in [0.5, 0.6) is 5.75 Å². The van der Waals surface area contributed by atoms with Crippen LogP contribution in [0.3, 0.4) is 0 Å². The van der Waals surface area contributed by atoms with Crippen molar-refractivity contribution < 1.29 is 5.11 Å². The maximum atomic E-state index is 9.85. The lowest BCUT2D eigenvalue weighted by atomic mass is 9.99. The van der Waals surface area contributed by atoms with Crippen LogP contribution in [0.4, 0.5) is 0 Å². The Labute approximate surface area is 91.3 Å². The quantitative estimate of drug-likeness (QED) is 0.727. The van der Waals surface area contributed by atoms with Crippen LogP contribution >= 0.6 is 0 Å². The highest BCUT2D eigenvalue weighted by molar-refractivity contribution is 5.42. The first-order valence-corrected chi connectivity index (χ1v) is 5.79. The van der Waals surface area contributed by atoms with E-state index in [9.17, 15) is 5.11 Å². The molecule has 0 saturated carbocycles. The number of rotatable bonds is 2. The van der Waals surface area contributed by atoms with Gasteiger partial charge in [-0.25, -0.2) is 0 Å². The van der Waals surface area contributed by atoms with Crippen molar-refractivity contribution >= 4 is 0 Å². The summed E-state index contributed by atoms with van der Waals surface area (Å²) in [6.45, 7) is 0.749. The first-order chi connectivity index (χ1) is 7.31. The second-order valence-electron chi connectivity index (χ2n) is 4.34. The Kier molecular flexibility index (Phi) is 3.27. The highest BCUT2D eigenvalue weighted by Gasteiger charge is 2.11. The number of phenolic OH excluding ortho intramolecular Hbond substituents is 1. The van der Waals surface area contributed by atoms with E-state index in [-0.39, 0.29) is 0 Å². The largest absolute Gasteiger partial charge is 0.508 e. The molecule has 0 amide bonds. The number of fused-ring (bicyclic) bond motifs is 1. The third-order valence-electron chi connectivity index (χ3n) is 3.16. The van der Waals surface area contributed by atoms with Crippen LogP contribution in [-0.4, -0.2) is 12.2 Å². The number of aryl methyl sites for hydroxylation is 2. The third kappa shape index (κ3) is 2.32. The summed E-state index contributed by atoms with van der Waals surface area (Å²) < 4.78 is 0. The SMILES string of the molecule is CNCc1cc2c(cc1O)CCCCC2. The van der Waals surface area contributed by atoms with Gasteiger partial charge in [0.05, 0.1) is 0 Å². The topological polar surface area (TPSA) is 32.3 Å². The minimum absolute atomic E-state index is 0.449. The van der Waals surface area contributed by atoms with Crippen LogP contribution in [0, 0.1) is 0 Å². The van der Waals surface area contributed by atoms with E-state index in [0.29, 0.717) is 5.75 Å². The van der Waals surface area contributed by atoms with E-state index >= 15 is 0 Å². The van der Waals surface area contributed by atoms with Gasteiger partial charge in [-0.05, 0) is 49.9 Å². The summed E-state index contributed by atoms with van der Waals surface area (Å²) >= 11 is 0. The number of hydrogen-bond donors (Lipinski definition) is 2. The Balaban J connectivity index is 2.33. The van der Waals surface area contributed by atoms with Crippen LogP contribution in [0.15, 0.2) is 12.1 Å². The molecule has 2 N–H and O–H groups in total. The molecule has 0 spiro atoms. The average molecular weight is 205 g/mol. The van der Waals surface area contributed by atoms with Gasteiger partial charge in [0.2, 0.25) is 0 Å². The zero-order chi connectivity index (χ0) is 10.7. The Bertz CT molecular complexity index is 347. The van der Waals surface area contributed by atoms with Crippen LogP contribution < -0.4 is 5.32 Å². The third-order valence-corrected chi connectivity index (χ3v) is 3.16. The molecule has 0 unspecified atom stereocenters. The van der Waals surface area contributed by atoms with Gasteiger partial charge in [-0.1, -0.05) is 12.5 Å². The standard InChI is InChI=1S/C13H19NO/c1-14-9-12-7-10-5-3-2-4-6-11(10)8-13(12)15/h7-8,14-15H,2-6,9H2,1H3. The Hall–Kier alpha value is -1.02. The van der Waals surface area contributed by atoms with Crippen molar-refractivity contribution in [3.63, 3.8) is 0 Å². The molecule has 15 heavy (non-hydrogen) atoms. The molecular weight excluding hydrogens is 186 g/mol. The molecule has 0 saturated heterocycles. The maximum Gasteiger partial charge on any atom is 0.120 e. The van der Waals surface area contributed by atoms with E-state index < -0.39 is 0 Å². The molecule has 1 aliphatic rings. The minimum Gasteiger partial charge on any atom is -0.508 e. The van der Waals surface area contributed by atoms with Gasteiger partial charge < -0.3 is 10.4 Å². The van der Waals surface area contributed by atoms with E-state index in [1.807, 2.05) is 13.1 Å². The van der Waals surface area contributed by atoms with Crippen molar-refractivity contribution in [2.24, 2.45) is 0 Å². The molecule has 2 rings (SSSR count). The first-order valence-electron chi connectivity index (χ1n) is 5.79. The first kappa shape index (κ1) is 10.5. The van der Waals surface area contributed by atoms with E-state index in [0.717, 1.165) is 18.5 Å². The molecule has 0 heterocycles. The van der Waals surface area contributed by atoms with Crippen LogP contribution in [0.1, 0.15) is 36.0 Å². The summed E-state index contributed by atoms with van der Waals surface area (Å²) in [5.41, 5.74) is 3.82. The van der Waals surface area contributed by atoms with E-state index in [2.05, 4.69) is 11.4 Å². The maximum absolute atomic E-state index is 9.85. The fourth-order valence-corrected chi connectivity index (χ4v) is 2.33. The van der Waals surface area contributed by atoms with Crippen molar-refractivity contribution in [1.29, 1.82) is 0 Å². The molecule has 2 nitrogen and oxygen atoms in total. The predicted octanol–water partition coefficient (Wildman–Crippen LogP) is 2.38. The highest BCUT2D eigenvalue weighted by atomic mass is 16.3. The minimum atomic E-state index is 0.449. The monoisotopic (exact) mass is 205 g/mol. The number of benzene rings is 1.